The largest absolute Gasteiger partial charge is 0.478 e. The summed E-state index contributed by atoms with van der Waals surface area (Å²) in [7, 11) is 0. The van der Waals surface area contributed by atoms with Crippen LogP contribution in [0.25, 0.3) is 0 Å². The molecule has 0 amide bonds. The fourth-order valence-electron chi connectivity index (χ4n) is 3.16. The average molecular weight is 281 g/mol. The molecule has 1 unspecified atom stereocenters. The maximum atomic E-state index is 11.3. The first kappa shape index (κ1) is 12.8. The van der Waals surface area contributed by atoms with E-state index in [9.17, 15) is 9.90 Å². The number of nitrogens with zero attached hydrogens (tertiary/aromatic N) is 2. The van der Waals surface area contributed by atoms with Crippen molar-refractivity contribution in [3.05, 3.63) is 28.8 Å². The van der Waals surface area contributed by atoms with Crippen LogP contribution in [0.2, 0.25) is 5.02 Å². The zero-order chi connectivity index (χ0) is 13.4. The van der Waals surface area contributed by atoms with Crippen molar-refractivity contribution in [1.82, 2.24) is 4.90 Å². The predicted molar refractivity (Wildman–Crippen MR) is 75.2 cm³/mol. The highest BCUT2D eigenvalue weighted by molar-refractivity contribution is 6.31. The second-order valence-electron chi connectivity index (χ2n) is 5.24. The molecule has 19 heavy (non-hydrogen) atoms. The van der Waals surface area contributed by atoms with Gasteiger partial charge in [-0.3, -0.25) is 4.90 Å². The number of halogens is 1. The molecule has 2 aliphatic rings. The molecular weight excluding hydrogens is 264 g/mol. The Labute approximate surface area is 117 Å². The SMILES string of the molecule is O=C(O)c1ccc(Cl)cc1N1CCN2CCCC2C1. The molecule has 0 bridgehead atoms. The Hall–Kier alpha value is -1.26. The van der Waals surface area contributed by atoms with Crippen molar-refractivity contribution in [3.8, 4) is 0 Å². The van der Waals surface area contributed by atoms with Crippen LogP contribution in [0, 0.1) is 0 Å². The van der Waals surface area contributed by atoms with E-state index in [4.69, 9.17) is 11.6 Å². The van der Waals surface area contributed by atoms with Crippen molar-refractivity contribution < 1.29 is 9.90 Å². The number of carboxylic acid groups (broad SMARTS) is 1. The monoisotopic (exact) mass is 280 g/mol. The second kappa shape index (κ2) is 5.02. The second-order valence-corrected chi connectivity index (χ2v) is 5.68. The summed E-state index contributed by atoms with van der Waals surface area (Å²) in [6, 6.07) is 5.58. The summed E-state index contributed by atoms with van der Waals surface area (Å²) in [6.45, 7) is 3.97. The number of fused-ring (bicyclic) bond motifs is 1. The first-order valence-corrected chi connectivity index (χ1v) is 7.05. The van der Waals surface area contributed by atoms with Crippen LogP contribution in [-0.2, 0) is 0 Å². The van der Waals surface area contributed by atoms with Gasteiger partial charge in [0, 0.05) is 30.7 Å². The first-order chi connectivity index (χ1) is 9.15. The maximum absolute atomic E-state index is 11.3. The molecular formula is C14H17ClN2O2. The number of hydrogen-bond donors (Lipinski definition) is 1. The molecule has 0 spiro atoms. The minimum absolute atomic E-state index is 0.343. The summed E-state index contributed by atoms with van der Waals surface area (Å²) in [5.74, 6) is -0.888. The van der Waals surface area contributed by atoms with Gasteiger partial charge in [-0.25, -0.2) is 4.79 Å². The molecule has 0 radical (unpaired) electrons. The van der Waals surface area contributed by atoms with Gasteiger partial charge in [0.25, 0.3) is 0 Å². The van der Waals surface area contributed by atoms with Crippen molar-refractivity contribution in [3.63, 3.8) is 0 Å². The molecule has 1 atom stereocenters. The summed E-state index contributed by atoms with van der Waals surface area (Å²) in [6.07, 6.45) is 2.46. The maximum Gasteiger partial charge on any atom is 0.337 e. The lowest BCUT2D eigenvalue weighted by molar-refractivity contribution is 0.0697. The van der Waals surface area contributed by atoms with E-state index in [1.807, 2.05) is 0 Å². The average Bonchev–Trinajstić information content (AvgIpc) is 2.85. The van der Waals surface area contributed by atoms with Crippen LogP contribution in [0.15, 0.2) is 18.2 Å². The fraction of sp³-hybridized carbons (Fsp3) is 0.500. The summed E-state index contributed by atoms with van der Waals surface area (Å²) >= 11 is 6.02. The quantitative estimate of drug-likeness (QED) is 0.903. The van der Waals surface area contributed by atoms with Crippen LogP contribution < -0.4 is 4.90 Å². The topological polar surface area (TPSA) is 43.8 Å². The number of carboxylic acids is 1. The molecule has 2 fully saturated rings. The van der Waals surface area contributed by atoms with Crippen LogP contribution in [-0.4, -0.2) is 48.2 Å². The highest BCUT2D eigenvalue weighted by atomic mass is 35.5. The molecule has 4 nitrogen and oxygen atoms in total. The molecule has 0 aromatic heterocycles. The van der Waals surface area contributed by atoms with E-state index < -0.39 is 5.97 Å². The summed E-state index contributed by atoms with van der Waals surface area (Å²) in [4.78, 5) is 16.0. The molecule has 1 aromatic rings. The molecule has 1 N–H and O–H groups in total. The Morgan fingerprint density at radius 1 is 1.32 bits per heavy atom. The summed E-state index contributed by atoms with van der Waals surface area (Å²) in [5, 5.41) is 9.89. The lowest BCUT2D eigenvalue weighted by Crippen LogP contribution is -2.50. The molecule has 0 saturated carbocycles. The molecule has 2 saturated heterocycles. The Morgan fingerprint density at radius 2 is 2.16 bits per heavy atom. The van der Waals surface area contributed by atoms with Crippen molar-refractivity contribution in [2.75, 3.05) is 31.1 Å². The summed E-state index contributed by atoms with van der Waals surface area (Å²) in [5.41, 5.74) is 1.10. The standard InChI is InChI=1S/C14H17ClN2O2/c15-10-3-4-12(14(18)19)13(8-10)17-7-6-16-5-1-2-11(16)9-17/h3-4,8,11H,1-2,5-7,9H2,(H,18,19). The molecule has 102 valence electrons. The van der Waals surface area contributed by atoms with Gasteiger partial charge in [0.15, 0.2) is 0 Å². The highest BCUT2D eigenvalue weighted by Crippen LogP contribution is 2.29. The number of anilines is 1. The van der Waals surface area contributed by atoms with Crippen LogP contribution in [0.3, 0.4) is 0 Å². The number of benzene rings is 1. The molecule has 0 aliphatic carbocycles. The van der Waals surface area contributed by atoms with E-state index in [-0.39, 0.29) is 0 Å². The van der Waals surface area contributed by atoms with Crippen molar-refractivity contribution >= 4 is 23.3 Å². The zero-order valence-electron chi connectivity index (χ0n) is 10.7. The lowest BCUT2D eigenvalue weighted by Gasteiger charge is -2.39. The molecule has 2 heterocycles. The smallest absolute Gasteiger partial charge is 0.337 e. The predicted octanol–water partition coefficient (Wildman–Crippen LogP) is 2.32. The number of rotatable bonds is 2. The van der Waals surface area contributed by atoms with Crippen molar-refractivity contribution in [1.29, 1.82) is 0 Å². The van der Waals surface area contributed by atoms with E-state index in [1.165, 1.54) is 19.4 Å². The van der Waals surface area contributed by atoms with Gasteiger partial charge < -0.3 is 10.0 Å². The van der Waals surface area contributed by atoms with Crippen LogP contribution in [0.4, 0.5) is 5.69 Å². The third-order valence-electron chi connectivity index (χ3n) is 4.12. The van der Waals surface area contributed by atoms with Gasteiger partial charge in [-0.1, -0.05) is 11.6 Å². The lowest BCUT2D eigenvalue weighted by atomic mass is 10.1. The number of hydrogen-bond acceptors (Lipinski definition) is 3. The molecule has 1 aromatic carbocycles. The number of aromatic carboxylic acids is 1. The number of piperazine rings is 1. The van der Waals surface area contributed by atoms with Crippen molar-refractivity contribution in [2.24, 2.45) is 0 Å². The van der Waals surface area contributed by atoms with Crippen LogP contribution >= 0.6 is 11.6 Å². The number of carbonyl (C=O) groups is 1. The third-order valence-corrected chi connectivity index (χ3v) is 4.35. The van der Waals surface area contributed by atoms with Crippen LogP contribution in [0.1, 0.15) is 23.2 Å². The van der Waals surface area contributed by atoms with E-state index in [1.54, 1.807) is 18.2 Å². The first-order valence-electron chi connectivity index (χ1n) is 6.67. The minimum atomic E-state index is -0.888. The normalized spacial score (nSPS) is 23.4. The van der Waals surface area contributed by atoms with Crippen LogP contribution in [0.5, 0.6) is 0 Å². The molecule has 2 aliphatic heterocycles. The highest BCUT2D eigenvalue weighted by Gasteiger charge is 2.31. The van der Waals surface area contributed by atoms with Gasteiger partial charge in [-0.15, -0.1) is 0 Å². The Bertz CT molecular complexity index is 506. The Balaban J connectivity index is 1.89. The molecule has 3 rings (SSSR count). The van der Waals surface area contributed by atoms with Gasteiger partial charge in [-0.05, 0) is 37.6 Å². The van der Waals surface area contributed by atoms with Gasteiger partial charge in [0.2, 0.25) is 0 Å². The van der Waals surface area contributed by atoms with E-state index in [0.717, 1.165) is 25.3 Å². The Morgan fingerprint density at radius 3 is 2.95 bits per heavy atom. The van der Waals surface area contributed by atoms with Gasteiger partial charge in [-0.2, -0.15) is 0 Å². The van der Waals surface area contributed by atoms with Gasteiger partial charge in [0.05, 0.1) is 11.3 Å². The Kier molecular flexibility index (Phi) is 3.37. The molecule has 5 heteroatoms. The minimum Gasteiger partial charge on any atom is -0.478 e. The van der Waals surface area contributed by atoms with Crippen molar-refractivity contribution in [2.45, 2.75) is 18.9 Å². The third kappa shape index (κ3) is 2.42. The van der Waals surface area contributed by atoms with E-state index >= 15 is 0 Å². The van der Waals surface area contributed by atoms with E-state index in [0.29, 0.717) is 16.6 Å². The zero-order valence-corrected chi connectivity index (χ0v) is 11.4. The summed E-state index contributed by atoms with van der Waals surface area (Å²) < 4.78 is 0. The van der Waals surface area contributed by atoms with Gasteiger partial charge >= 0.3 is 5.97 Å². The van der Waals surface area contributed by atoms with E-state index in [2.05, 4.69) is 9.80 Å². The van der Waals surface area contributed by atoms with Gasteiger partial charge in [0.1, 0.15) is 0 Å². The fourth-order valence-corrected chi connectivity index (χ4v) is 3.32.